The predicted molar refractivity (Wildman–Crippen MR) is 174 cm³/mol. The third-order valence-corrected chi connectivity index (χ3v) is 7.95. The Morgan fingerprint density at radius 2 is 1.73 bits per heavy atom. The van der Waals surface area contributed by atoms with Gasteiger partial charge in [0.2, 0.25) is 0 Å². The van der Waals surface area contributed by atoms with Gasteiger partial charge in [0, 0.05) is 69.9 Å². The average molecular weight is 612 g/mol. The maximum Gasteiger partial charge on any atom is 0.409 e. The Balaban J connectivity index is 1.63. The summed E-state index contributed by atoms with van der Waals surface area (Å²) >= 11 is 0. The van der Waals surface area contributed by atoms with Gasteiger partial charge in [-0.1, -0.05) is 44.2 Å². The van der Waals surface area contributed by atoms with Gasteiger partial charge in [-0.2, -0.15) is 0 Å². The molecule has 1 fully saturated rings. The van der Waals surface area contributed by atoms with Crippen LogP contribution in [0.4, 0.5) is 4.79 Å². The largest absolute Gasteiger partial charge is 0.493 e. The molecule has 9 nitrogen and oxygen atoms in total. The number of ether oxygens (including phenoxy) is 4. The Morgan fingerprint density at radius 1 is 0.955 bits per heavy atom. The Kier molecular flexibility index (Phi) is 14.8. The lowest BCUT2D eigenvalue weighted by Gasteiger charge is -2.40. The van der Waals surface area contributed by atoms with E-state index in [2.05, 4.69) is 31.3 Å². The van der Waals surface area contributed by atoms with Crippen molar-refractivity contribution < 1.29 is 28.5 Å². The van der Waals surface area contributed by atoms with E-state index in [9.17, 15) is 9.59 Å². The fraction of sp³-hybridized carbons (Fsp3) is 0.600. The van der Waals surface area contributed by atoms with Crippen molar-refractivity contribution in [2.24, 2.45) is 11.8 Å². The van der Waals surface area contributed by atoms with Crippen LogP contribution in [0, 0.1) is 11.8 Å². The van der Waals surface area contributed by atoms with E-state index in [-0.39, 0.29) is 30.0 Å². The van der Waals surface area contributed by atoms with E-state index in [1.807, 2.05) is 41.8 Å². The van der Waals surface area contributed by atoms with Crippen LogP contribution in [0.15, 0.2) is 48.5 Å². The molecule has 1 N–H and O–H groups in total. The van der Waals surface area contributed by atoms with Gasteiger partial charge in [-0.15, -0.1) is 0 Å². The van der Waals surface area contributed by atoms with Crippen molar-refractivity contribution in [2.75, 3.05) is 60.2 Å². The Labute approximate surface area is 264 Å². The summed E-state index contributed by atoms with van der Waals surface area (Å²) in [7, 11) is 3.25. The predicted octanol–water partition coefficient (Wildman–Crippen LogP) is 5.67. The number of carbonyl (C=O) groups excluding carboxylic acids is 2. The standard InChI is InChI=1S/C35H53N3O6/c1-26(2)15-17-37(18-16-28-11-8-7-9-12-28)35(40)44-25-29-21-31(24-36-23-29)38(27(3)4)34(39)30-13-14-32(42-6)33(22-30)43-20-10-19-41-5/h7-9,11-14,22,26-27,29,31,36H,10,15-21,23-25H2,1-6H3/t29-,31+/m0/s1. The molecule has 0 spiro atoms. The quantitative estimate of drug-likeness (QED) is 0.231. The summed E-state index contributed by atoms with van der Waals surface area (Å²) < 4.78 is 22.4. The minimum absolute atomic E-state index is 0.0201. The molecule has 1 aliphatic rings. The van der Waals surface area contributed by atoms with Crippen molar-refractivity contribution in [3.8, 4) is 11.5 Å². The Morgan fingerprint density at radius 3 is 2.41 bits per heavy atom. The highest BCUT2D eigenvalue weighted by molar-refractivity contribution is 5.95. The van der Waals surface area contributed by atoms with Crippen LogP contribution >= 0.6 is 0 Å². The van der Waals surface area contributed by atoms with E-state index in [1.54, 1.807) is 32.4 Å². The first-order valence-electron chi connectivity index (χ1n) is 16.0. The summed E-state index contributed by atoms with van der Waals surface area (Å²) in [6.45, 7) is 12.5. The molecule has 0 unspecified atom stereocenters. The highest BCUT2D eigenvalue weighted by Crippen LogP contribution is 2.30. The van der Waals surface area contributed by atoms with E-state index in [0.29, 0.717) is 62.4 Å². The van der Waals surface area contributed by atoms with Gasteiger partial charge in [0.1, 0.15) is 0 Å². The Bertz CT molecular complexity index is 1140. The van der Waals surface area contributed by atoms with E-state index < -0.39 is 0 Å². The van der Waals surface area contributed by atoms with Crippen molar-refractivity contribution in [3.63, 3.8) is 0 Å². The monoisotopic (exact) mass is 611 g/mol. The molecule has 0 aliphatic carbocycles. The lowest BCUT2D eigenvalue weighted by molar-refractivity contribution is 0.0437. The van der Waals surface area contributed by atoms with Crippen LogP contribution in [-0.2, 0) is 15.9 Å². The van der Waals surface area contributed by atoms with Gasteiger partial charge >= 0.3 is 6.09 Å². The molecule has 2 atom stereocenters. The summed E-state index contributed by atoms with van der Waals surface area (Å²) in [4.78, 5) is 30.9. The van der Waals surface area contributed by atoms with E-state index >= 15 is 0 Å². The van der Waals surface area contributed by atoms with Gasteiger partial charge in [0.05, 0.1) is 20.3 Å². The zero-order chi connectivity index (χ0) is 31.9. The third kappa shape index (κ3) is 11.0. The normalized spacial score (nSPS) is 16.5. The number of nitrogens with zero attached hydrogens (tertiary/aromatic N) is 2. The highest BCUT2D eigenvalue weighted by Gasteiger charge is 2.33. The van der Waals surface area contributed by atoms with Crippen LogP contribution in [0.2, 0.25) is 0 Å². The molecular weight excluding hydrogens is 558 g/mol. The van der Waals surface area contributed by atoms with Crippen LogP contribution in [0.3, 0.4) is 0 Å². The SMILES string of the molecule is COCCCOc1cc(C(=O)N(C(C)C)[C@H]2CNC[C@@H](COC(=O)N(CCc3ccccc3)CCC(C)C)C2)ccc1OC. The van der Waals surface area contributed by atoms with Crippen molar-refractivity contribution in [3.05, 3.63) is 59.7 Å². The summed E-state index contributed by atoms with van der Waals surface area (Å²) in [5.74, 6) is 1.66. The molecule has 0 bridgehead atoms. The summed E-state index contributed by atoms with van der Waals surface area (Å²) in [6.07, 6.45) is 2.93. The molecule has 44 heavy (non-hydrogen) atoms. The van der Waals surface area contributed by atoms with E-state index in [0.717, 1.165) is 32.2 Å². The summed E-state index contributed by atoms with van der Waals surface area (Å²) in [5, 5.41) is 3.48. The first-order valence-corrected chi connectivity index (χ1v) is 16.0. The van der Waals surface area contributed by atoms with Crippen molar-refractivity contribution >= 4 is 12.0 Å². The number of benzene rings is 2. The van der Waals surface area contributed by atoms with Crippen LogP contribution < -0.4 is 14.8 Å². The van der Waals surface area contributed by atoms with Gasteiger partial charge in [0.25, 0.3) is 5.91 Å². The molecule has 0 aromatic heterocycles. The van der Waals surface area contributed by atoms with Crippen LogP contribution in [-0.4, -0.2) is 94.1 Å². The zero-order valence-electron chi connectivity index (χ0n) is 27.6. The minimum Gasteiger partial charge on any atom is -0.493 e. The number of carbonyl (C=O) groups is 2. The molecule has 2 aromatic rings. The fourth-order valence-corrected chi connectivity index (χ4v) is 5.52. The smallest absolute Gasteiger partial charge is 0.409 e. The zero-order valence-corrected chi connectivity index (χ0v) is 27.6. The molecular formula is C35H53N3O6. The lowest BCUT2D eigenvalue weighted by atomic mass is 9.94. The van der Waals surface area contributed by atoms with Gasteiger partial charge in [-0.05, 0) is 62.8 Å². The second-order valence-electron chi connectivity index (χ2n) is 12.3. The number of hydrogen-bond donors (Lipinski definition) is 1. The molecule has 244 valence electrons. The summed E-state index contributed by atoms with van der Waals surface area (Å²) in [5.41, 5.74) is 1.75. The second-order valence-corrected chi connectivity index (χ2v) is 12.3. The van der Waals surface area contributed by atoms with Gasteiger partial charge < -0.3 is 34.1 Å². The summed E-state index contributed by atoms with van der Waals surface area (Å²) in [6, 6.07) is 15.5. The molecule has 9 heteroatoms. The first-order chi connectivity index (χ1) is 21.2. The lowest BCUT2D eigenvalue weighted by Crippen LogP contribution is -2.54. The number of amides is 2. The molecule has 2 aromatic carbocycles. The number of methoxy groups -OCH3 is 2. The topological polar surface area (TPSA) is 89.6 Å². The molecule has 1 heterocycles. The third-order valence-electron chi connectivity index (χ3n) is 7.95. The number of rotatable bonds is 17. The number of hydrogen-bond acceptors (Lipinski definition) is 7. The van der Waals surface area contributed by atoms with Gasteiger partial charge in [-0.25, -0.2) is 4.79 Å². The Hall–Kier alpha value is -3.30. The van der Waals surface area contributed by atoms with Crippen molar-refractivity contribution in [2.45, 2.75) is 65.5 Å². The minimum atomic E-state index is -0.267. The fourth-order valence-electron chi connectivity index (χ4n) is 5.52. The molecule has 3 rings (SSSR count). The van der Waals surface area contributed by atoms with Crippen LogP contribution in [0.25, 0.3) is 0 Å². The average Bonchev–Trinajstić information content (AvgIpc) is 3.02. The maximum absolute atomic E-state index is 13.9. The maximum atomic E-state index is 13.9. The van der Waals surface area contributed by atoms with Crippen LogP contribution in [0.1, 0.15) is 62.9 Å². The molecule has 0 radical (unpaired) electrons. The number of piperidine rings is 1. The highest BCUT2D eigenvalue weighted by atomic mass is 16.6. The molecule has 1 saturated heterocycles. The molecule has 1 aliphatic heterocycles. The van der Waals surface area contributed by atoms with Gasteiger partial charge in [0.15, 0.2) is 11.5 Å². The van der Waals surface area contributed by atoms with Gasteiger partial charge in [-0.3, -0.25) is 4.79 Å². The van der Waals surface area contributed by atoms with Crippen molar-refractivity contribution in [1.82, 2.24) is 15.1 Å². The second kappa shape index (κ2) is 18.5. The molecule has 2 amide bonds. The number of nitrogens with one attached hydrogen (secondary N) is 1. The first kappa shape index (κ1) is 35.2. The van der Waals surface area contributed by atoms with E-state index in [4.69, 9.17) is 18.9 Å². The van der Waals surface area contributed by atoms with Crippen LogP contribution in [0.5, 0.6) is 11.5 Å². The molecule has 0 saturated carbocycles. The van der Waals surface area contributed by atoms with E-state index in [1.165, 1.54) is 5.56 Å². The van der Waals surface area contributed by atoms with Crippen molar-refractivity contribution in [1.29, 1.82) is 0 Å².